The van der Waals surface area contributed by atoms with Crippen molar-refractivity contribution in [1.29, 1.82) is 0 Å². The van der Waals surface area contributed by atoms with Gasteiger partial charge in [-0.3, -0.25) is 4.79 Å². The summed E-state index contributed by atoms with van der Waals surface area (Å²) in [6.45, 7) is 7.87. The second kappa shape index (κ2) is 9.23. The number of carbonyl (C=O) groups is 3. The molecule has 0 aliphatic carbocycles. The number of ether oxygens (including phenoxy) is 4. The summed E-state index contributed by atoms with van der Waals surface area (Å²) in [5.74, 6) is -0.589. The fourth-order valence-electron chi connectivity index (χ4n) is 3.07. The highest BCUT2D eigenvalue weighted by Gasteiger charge is 2.16. The zero-order valence-corrected chi connectivity index (χ0v) is 17.4. The Morgan fingerprint density at radius 1 is 0.724 bits per heavy atom. The number of hydrogen-bond donors (Lipinski definition) is 0. The predicted octanol–water partition coefficient (Wildman–Crippen LogP) is 3.83. The Labute approximate surface area is 169 Å². The molecule has 0 N–H and O–H groups in total. The van der Waals surface area contributed by atoms with Crippen LogP contribution in [0.5, 0.6) is 11.5 Å². The molecule has 0 heterocycles. The van der Waals surface area contributed by atoms with E-state index in [2.05, 4.69) is 0 Å². The van der Waals surface area contributed by atoms with Crippen LogP contribution in [-0.4, -0.2) is 31.8 Å². The lowest BCUT2D eigenvalue weighted by atomic mass is 10.1. The van der Waals surface area contributed by atoms with Gasteiger partial charge in [0.15, 0.2) is 0 Å². The number of rotatable bonds is 6. The Morgan fingerprint density at radius 3 is 1.45 bits per heavy atom. The molecule has 154 valence electrons. The minimum atomic E-state index is -0.652. The number of esters is 3. The molecule has 0 aliphatic rings. The molecule has 2 aromatic rings. The molecule has 0 saturated carbocycles. The number of hydrogen-bond acceptors (Lipinski definition) is 7. The first-order valence-corrected chi connectivity index (χ1v) is 8.93. The van der Waals surface area contributed by atoms with Gasteiger partial charge in [-0.05, 0) is 74.2 Å². The van der Waals surface area contributed by atoms with Crippen molar-refractivity contribution >= 4 is 17.9 Å². The van der Waals surface area contributed by atoms with Crippen molar-refractivity contribution in [2.45, 2.75) is 34.6 Å². The van der Waals surface area contributed by atoms with Crippen LogP contribution in [0.15, 0.2) is 24.3 Å². The van der Waals surface area contributed by atoms with Gasteiger partial charge in [0.25, 0.3) is 0 Å². The molecule has 0 bridgehead atoms. The third kappa shape index (κ3) is 5.34. The summed E-state index contributed by atoms with van der Waals surface area (Å²) in [5, 5.41) is 0. The summed E-state index contributed by atoms with van der Waals surface area (Å²) in [5.41, 5.74) is 3.45. The van der Waals surface area contributed by atoms with E-state index in [-0.39, 0.29) is 5.56 Å². The molecule has 0 unspecified atom stereocenters. The van der Waals surface area contributed by atoms with E-state index in [1.165, 1.54) is 6.92 Å². The van der Waals surface area contributed by atoms with Crippen molar-refractivity contribution < 1.29 is 33.3 Å². The average molecular weight is 400 g/mol. The first kappa shape index (κ1) is 21.9. The van der Waals surface area contributed by atoms with Crippen LogP contribution in [0.1, 0.15) is 49.9 Å². The maximum absolute atomic E-state index is 12.3. The third-order valence-corrected chi connectivity index (χ3v) is 4.22. The molecular weight excluding hydrogens is 376 g/mol. The Morgan fingerprint density at radius 2 is 1.10 bits per heavy atom. The lowest BCUT2D eigenvalue weighted by Crippen LogP contribution is -2.14. The van der Waals surface area contributed by atoms with Crippen LogP contribution in [0.3, 0.4) is 0 Å². The van der Waals surface area contributed by atoms with Gasteiger partial charge in [-0.2, -0.15) is 0 Å². The Kier molecular flexibility index (Phi) is 6.98. The van der Waals surface area contributed by atoms with Gasteiger partial charge < -0.3 is 18.9 Å². The summed E-state index contributed by atoms with van der Waals surface area (Å²) in [6.07, 6.45) is 0. The largest absolute Gasteiger partial charge is 0.496 e. The molecule has 0 spiro atoms. The molecule has 29 heavy (non-hydrogen) atoms. The number of carbonyl (C=O) groups excluding carboxylic acids is 3. The highest BCUT2D eigenvalue weighted by molar-refractivity contribution is 5.91. The molecule has 7 heteroatoms. The fourth-order valence-corrected chi connectivity index (χ4v) is 3.07. The van der Waals surface area contributed by atoms with Crippen molar-refractivity contribution in [3.05, 3.63) is 57.6 Å². The predicted molar refractivity (Wildman–Crippen MR) is 105 cm³/mol. The van der Waals surface area contributed by atoms with Gasteiger partial charge in [0, 0.05) is 6.92 Å². The number of methoxy groups -OCH3 is 1. The summed E-state index contributed by atoms with van der Waals surface area (Å²) >= 11 is 0. The minimum absolute atomic E-state index is 0.267. The fraction of sp³-hybridized carbons (Fsp3) is 0.318. The van der Waals surface area contributed by atoms with Crippen LogP contribution < -0.4 is 9.47 Å². The standard InChI is InChI=1S/C22H24O7/c1-12-7-17(8-13(2)19(12)26-6)21(24)27-11-28-22(25)18-9-14(3)20(15(4)10-18)29-16(5)23/h7-10H,11H2,1-6H3. The second-order valence-electron chi connectivity index (χ2n) is 6.66. The highest BCUT2D eigenvalue weighted by Crippen LogP contribution is 2.26. The zero-order chi connectivity index (χ0) is 21.7. The molecule has 0 amide bonds. The van der Waals surface area contributed by atoms with E-state index in [0.717, 1.165) is 11.1 Å². The topological polar surface area (TPSA) is 88.1 Å². The molecule has 0 saturated heterocycles. The smallest absolute Gasteiger partial charge is 0.341 e. The first-order valence-electron chi connectivity index (χ1n) is 8.93. The van der Waals surface area contributed by atoms with Gasteiger partial charge in [0.2, 0.25) is 6.79 Å². The monoisotopic (exact) mass is 400 g/mol. The molecule has 0 atom stereocenters. The summed E-state index contributed by atoms with van der Waals surface area (Å²) < 4.78 is 20.5. The normalized spacial score (nSPS) is 10.3. The van der Waals surface area contributed by atoms with Gasteiger partial charge in [0.05, 0.1) is 18.2 Å². The van der Waals surface area contributed by atoms with Crippen molar-refractivity contribution in [2.24, 2.45) is 0 Å². The Bertz CT molecular complexity index is 914. The van der Waals surface area contributed by atoms with Crippen LogP contribution in [-0.2, 0) is 14.3 Å². The molecule has 2 aromatic carbocycles. The van der Waals surface area contributed by atoms with Crippen molar-refractivity contribution in [3.63, 3.8) is 0 Å². The molecule has 0 aromatic heterocycles. The van der Waals surface area contributed by atoms with E-state index in [1.807, 2.05) is 13.8 Å². The maximum atomic E-state index is 12.3. The van der Waals surface area contributed by atoms with E-state index in [9.17, 15) is 14.4 Å². The molecular formula is C22H24O7. The lowest BCUT2D eigenvalue weighted by Gasteiger charge is -2.12. The van der Waals surface area contributed by atoms with Crippen LogP contribution in [0, 0.1) is 27.7 Å². The van der Waals surface area contributed by atoms with E-state index < -0.39 is 24.7 Å². The minimum Gasteiger partial charge on any atom is -0.496 e. The van der Waals surface area contributed by atoms with Gasteiger partial charge in [-0.15, -0.1) is 0 Å². The van der Waals surface area contributed by atoms with Crippen LogP contribution in [0.2, 0.25) is 0 Å². The number of aryl methyl sites for hydroxylation is 4. The van der Waals surface area contributed by atoms with Crippen LogP contribution in [0.4, 0.5) is 0 Å². The summed E-state index contributed by atoms with van der Waals surface area (Å²) in [7, 11) is 1.56. The van der Waals surface area contributed by atoms with E-state index in [1.54, 1.807) is 45.2 Å². The van der Waals surface area contributed by atoms with Gasteiger partial charge in [0.1, 0.15) is 11.5 Å². The van der Waals surface area contributed by atoms with E-state index in [4.69, 9.17) is 18.9 Å². The summed E-state index contributed by atoms with van der Waals surface area (Å²) in [4.78, 5) is 35.6. The molecule has 0 radical (unpaired) electrons. The summed E-state index contributed by atoms with van der Waals surface area (Å²) in [6, 6.07) is 6.39. The molecule has 0 aliphatic heterocycles. The molecule has 0 fully saturated rings. The maximum Gasteiger partial charge on any atom is 0.341 e. The molecule has 2 rings (SSSR count). The van der Waals surface area contributed by atoms with E-state index >= 15 is 0 Å². The zero-order valence-electron chi connectivity index (χ0n) is 17.4. The van der Waals surface area contributed by atoms with Crippen LogP contribution >= 0.6 is 0 Å². The number of benzene rings is 2. The quantitative estimate of drug-likeness (QED) is 0.414. The first-order chi connectivity index (χ1) is 13.6. The van der Waals surface area contributed by atoms with Crippen molar-refractivity contribution in [2.75, 3.05) is 13.9 Å². The van der Waals surface area contributed by atoms with Gasteiger partial charge >= 0.3 is 17.9 Å². The van der Waals surface area contributed by atoms with E-state index in [0.29, 0.717) is 28.2 Å². The van der Waals surface area contributed by atoms with Gasteiger partial charge in [-0.25, -0.2) is 9.59 Å². The average Bonchev–Trinajstić information content (AvgIpc) is 2.63. The SMILES string of the molecule is COc1c(C)cc(C(=O)OCOC(=O)c2cc(C)c(OC(C)=O)c(C)c2)cc1C. The Balaban J connectivity index is 2.01. The molecule has 7 nitrogen and oxygen atoms in total. The van der Waals surface area contributed by atoms with Crippen molar-refractivity contribution in [1.82, 2.24) is 0 Å². The lowest BCUT2D eigenvalue weighted by molar-refractivity contribution is -0.131. The van der Waals surface area contributed by atoms with Crippen LogP contribution in [0.25, 0.3) is 0 Å². The second-order valence-corrected chi connectivity index (χ2v) is 6.66. The van der Waals surface area contributed by atoms with Gasteiger partial charge in [-0.1, -0.05) is 0 Å². The Hall–Kier alpha value is -3.35. The van der Waals surface area contributed by atoms with Crippen molar-refractivity contribution in [3.8, 4) is 11.5 Å². The highest BCUT2D eigenvalue weighted by atomic mass is 16.7. The third-order valence-electron chi connectivity index (χ3n) is 4.22.